The van der Waals surface area contributed by atoms with Crippen LogP contribution in [0.4, 0.5) is 0 Å². The molecular weight excluding hydrogens is 608 g/mol. The van der Waals surface area contributed by atoms with Gasteiger partial charge in [0.05, 0.1) is 35.1 Å². The van der Waals surface area contributed by atoms with Crippen molar-refractivity contribution in [3.8, 4) is 11.5 Å². The minimum atomic E-state index is -0.665. The number of esters is 1. The molecule has 1 aliphatic rings. The number of aromatic nitrogens is 1. The van der Waals surface area contributed by atoms with Crippen LogP contribution in [0.25, 0.3) is 6.08 Å². The number of hydrogen-bond donors (Lipinski definition) is 0. The number of allylic oxidation sites excluding steroid dienone is 2. The Kier molecular flexibility index (Phi) is 10.1. The number of ether oxygens (including phenoxy) is 3. The molecule has 0 radical (unpaired) electrons. The molecule has 0 saturated carbocycles. The van der Waals surface area contributed by atoms with E-state index in [0.717, 1.165) is 27.8 Å². The molecule has 45 heavy (non-hydrogen) atoms. The highest BCUT2D eigenvalue weighted by Gasteiger charge is 2.33. The summed E-state index contributed by atoms with van der Waals surface area (Å²) in [7, 11) is 0. The maximum Gasteiger partial charge on any atom is 0.338 e. The van der Waals surface area contributed by atoms with Gasteiger partial charge >= 0.3 is 5.97 Å². The van der Waals surface area contributed by atoms with Crippen LogP contribution < -0.4 is 24.4 Å². The molecule has 0 aliphatic carbocycles. The molecule has 3 aromatic carbocycles. The number of thiazole rings is 1. The van der Waals surface area contributed by atoms with Crippen LogP contribution in [-0.2, 0) is 22.6 Å². The Hall–Kier alpha value is -4.40. The fraction of sp³-hybridized carbons (Fsp3) is 0.250. The molecule has 0 saturated heterocycles. The highest BCUT2D eigenvalue weighted by Crippen LogP contribution is 2.35. The number of rotatable bonds is 11. The maximum atomic E-state index is 14.1. The molecule has 2 heterocycles. The summed E-state index contributed by atoms with van der Waals surface area (Å²) in [6.45, 7) is 12.4. The molecule has 9 heteroatoms. The molecular formula is C36H35ClN2O5S. The molecule has 1 aliphatic heterocycles. The highest BCUT2D eigenvalue weighted by molar-refractivity contribution is 7.07. The zero-order valence-electron chi connectivity index (χ0n) is 25.8. The number of nitrogens with zero attached hydrogens (tertiary/aromatic N) is 2. The summed E-state index contributed by atoms with van der Waals surface area (Å²) in [6.07, 6.45) is 4.17. The first-order chi connectivity index (χ1) is 21.7. The minimum absolute atomic E-state index is 0.218. The van der Waals surface area contributed by atoms with E-state index in [9.17, 15) is 9.59 Å². The second kappa shape index (κ2) is 14.1. The van der Waals surface area contributed by atoms with Crippen molar-refractivity contribution in [2.75, 3.05) is 13.2 Å². The third-order valence-corrected chi connectivity index (χ3v) is 8.56. The standard InChI is InChI=1S/C36H35ClN2O5S/c1-6-9-27-18-25(19-29(42-7-2)33(27)44-21-24-12-16-28(37)17-13-24)20-30-34(40)39-32(26-14-10-22(4)11-15-26)31(35(41)43-8-3)23(5)38-36(39)45-30/h6,10-20,32H,1,7-9,21H2,2-5H3/b30-20+/t32-/m1/s1. The van der Waals surface area contributed by atoms with Gasteiger partial charge in [-0.2, -0.15) is 0 Å². The van der Waals surface area contributed by atoms with Crippen molar-refractivity contribution in [2.24, 2.45) is 4.99 Å². The van der Waals surface area contributed by atoms with Crippen molar-refractivity contribution >= 4 is 35.0 Å². The molecule has 0 spiro atoms. The van der Waals surface area contributed by atoms with E-state index in [4.69, 9.17) is 25.8 Å². The van der Waals surface area contributed by atoms with Crippen LogP contribution in [0.2, 0.25) is 5.02 Å². The second-order valence-electron chi connectivity index (χ2n) is 10.6. The first-order valence-corrected chi connectivity index (χ1v) is 16.0. The molecule has 232 valence electrons. The lowest BCUT2D eigenvalue weighted by Gasteiger charge is -2.24. The number of benzene rings is 3. The van der Waals surface area contributed by atoms with Gasteiger partial charge in [0.2, 0.25) is 0 Å². The number of fused-ring (bicyclic) bond motifs is 1. The molecule has 0 fully saturated rings. The van der Waals surface area contributed by atoms with E-state index in [0.29, 0.717) is 56.8 Å². The molecule has 5 rings (SSSR count). The predicted octanol–water partition coefficient (Wildman–Crippen LogP) is 6.47. The molecule has 0 amide bonds. The molecule has 1 atom stereocenters. The number of carbonyl (C=O) groups is 1. The van der Waals surface area contributed by atoms with Crippen LogP contribution in [0.3, 0.4) is 0 Å². The number of carbonyl (C=O) groups excluding carboxylic acids is 1. The van der Waals surface area contributed by atoms with Gasteiger partial charge in [-0.3, -0.25) is 9.36 Å². The summed E-state index contributed by atoms with van der Waals surface area (Å²) in [5, 5.41) is 0.660. The highest BCUT2D eigenvalue weighted by atomic mass is 35.5. The van der Waals surface area contributed by atoms with Gasteiger partial charge in [0, 0.05) is 10.6 Å². The average molecular weight is 643 g/mol. The van der Waals surface area contributed by atoms with Crippen molar-refractivity contribution in [2.45, 2.75) is 46.8 Å². The van der Waals surface area contributed by atoms with E-state index in [2.05, 4.69) is 11.6 Å². The quantitative estimate of drug-likeness (QED) is 0.139. The second-order valence-corrected chi connectivity index (χ2v) is 12.0. The zero-order chi connectivity index (χ0) is 32.1. The van der Waals surface area contributed by atoms with Crippen molar-refractivity contribution in [3.05, 3.63) is 137 Å². The van der Waals surface area contributed by atoms with E-state index in [1.807, 2.05) is 80.6 Å². The summed E-state index contributed by atoms with van der Waals surface area (Å²) < 4.78 is 19.8. The zero-order valence-corrected chi connectivity index (χ0v) is 27.3. The Morgan fingerprint density at radius 1 is 1.04 bits per heavy atom. The van der Waals surface area contributed by atoms with Gasteiger partial charge in [-0.15, -0.1) is 6.58 Å². The molecule has 0 N–H and O–H groups in total. The van der Waals surface area contributed by atoms with Crippen molar-refractivity contribution in [1.29, 1.82) is 0 Å². The summed E-state index contributed by atoms with van der Waals surface area (Å²) >= 11 is 7.33. The van der Waals surface area contributed by atoms with Crippen LogP contribution in [0.1, 0.15) is 54.6 Å². The van der Waals surface area contributed by atoms with Gasteiger partial charge in [0.1, 0.15) is 6.61 Å². The molecule has 7 nitrogen and oxygen atoms in total. The first kappa shape index (κ1) is 32.0. The minimum Gasteiger partial charge on any atom is -0.490 e. The maximum absolute atomic E-state index is 14.1. The van der Waals surface area contributed by atoms with Crippen LogP contribution in [-0.4, -0.2) is 23.8 Å². The molecule has 0 bridgehead atoms. The van der Waals surface area contributed by atoms with Crippen LogP contribution >= 0.6 is 22.9 Å². The molecule has 4 aromatic rings. The SMILES string of the molecule is C=CCc1cc(/C=c2/sc3n(c2=O)[C@H](c2ccc(C)cc2)C(C(=O)OCC)=C(C)N=3)cc(OCC)c1OCc1ccc(Cl)cc1. The smallest absolute Gasteiger partial charge is 0.338 e. The monoisotopic (exact) mass is 642 g/mol. The Balaban J connectivity index is 1.62. The lowest BCUT2D eigenvalue weighted by Crippen LogP contribution is -2.39. The Labute approximate surface area is 271 Å². The Morgan fingerprint density at radius 3 is 2.44 bits per heavy atom. The third kappa shape index (κ3) is 6.97. The van der Waals surface area contributed by atoms with Crippen molar-refractivity contribution in [1.82, 2.24) is 4.57 Å². The van der Waals surface area contributed by atoms with E-state index < -0.39 is 12.0 Å². The average Bonchev–Trinajstić information content (AvgIpc) is 3.31. The first-order valence-electron chi connectivity index (χ1n) is 14.8. The van der Waals surface area contributed by atoms with E-state index >= 15 is 0 Å². The normalized spacial score (nSPS) is 14.5. The van der Waals surface area contributed by atoms with Crippen molar-refractivity contribution in [3.63, 3.8) is 0 Å². The number of hydrogen-bond acceptors (Lipinski definition) is 7. The van der Waals surface area contributed by atoms with E-state index in [1.54, 1.807) is 24.5 Å². The summed E-state index contributed by atoms with van der Waals surface area (Å²) in [6, 6.07) is 18.5. The van der Waals surface area contributed by atoms with E-state index in [1.165, 1.54) is 11.3 Å². The summed E-state index contributed by atoms with van der Waals surface area (Å²) in [5.74, 6) is 0.713. The van der Waals surface area contributed by atoms with Crippen LogP contribution in [0.5, 0.6) is 11.5 Å². The van der Waals surface area contributed by atoms with E-state index in [-0.39, 0.29) is 12.2 Å². The van der Waals surface area contributed by atoms with Gasteiger partial charge in [-0.05, 0) is 81.1 Å². The van der Waals surface area contributed by atoms with Gasteiger partial charge < -0.3 is 14.2 Å². The van der Waals surface area contributed by atoms with Gasteiger partial charge in [-0.1, -0.05) is 71.0 Å². The van der Waals surface area contributed by atoms with Crippen LogP contribution in [0.15, 0.2) is 94.4 Å². The van der Waals surface area contributed by atoms with Gasteiger partial charge in [0.15, 0.2) is 16.3 Å². The van der Waals surface area contributed by atoms with Gasteiger partial charge in [-0.25, -0.2) is 9.79 Å². The summed E-state index contributed by atoms with van der Waals surface area (Å²) in [5.41, 5.74) is 5.14. The van der Waals surface area contributed by atoms with Gasteiger partial charge in [0.25, 0.3) is 5.56 Å². The van der Waals surface area contributed by atoms with Crippen LogP contribution in [0, 0.1) is 6.92 Å². The fourth-order valence-corrected chi connectivity index (χ4v) is 6.42. The third-order valence-electron chi connectivity index (χ3n) is 7.32. The predicted molar refractivity (Wildman–Crippen MR) is 179 cm³/mol. The molecule has 1 aromatic heterocycles. The Morgan fingerprint density at radius 2 is 1.78 bits per heavy atom. The lowest BCUT2D eigenvalue weighted by molar-refractivity contribution is -0.139. The largest absolute Gasteiger partial charge is 0.490 e. The fourth-order valence-electron chi connectivity index (χ4n) is 5.24. The Bertz CT molecular complexity index is 1940. The number of halogens is 1. The lowest BCUT2D eigenvalue weighted by atomic mass is 9.95. The number of aryl methyl sites for hydroxylation is 1. The summed E-state index contributed by atoms with van der Waals surface area (Å²) in [4.78, 5) is 32.5. The van der Waals surface area contributed by atoms with Crippen molar-refractivity contribution < 1.29 is 19.0 Å². The topological polar surface area (TPSA) is 79.1 Å². The molecule has 0 unspecified atom stereocenters.